The molecular formula is C106H100N22O5. The van der Waals surface area contributed by atoms with Crippen LogP contribution in [0.2, 0.25) is 0 Å². The fourth-order valence-corrected chi connectivity index (χ4v) is 16.5. The zero-order valence-electron chi connectivity index (χ0n) is 76.2. The Hall–Kier alpha value is -15.9. The summed E-state index contributed by atoms with van der Waals surface area (Å²) in [5, 5.41) is 15.0. The predicted molar refractivity (Wildman–Crippen MR) is 537 cm³/mol. The normalized spacial score (nSPS) is 11.5. The first kappa shape index (κ1) is 89.1. The molecule has 133 heavy (non-hydrogen) atoms. The van der Waals surface area contributed by atoms with E-state index in [0.29, 0.717) is 26.2 Å². The molecule has 0 aliphatic heterocycles. The number of likely N-dealkylation sites (N-methyl/N-ethyl adjacent to an activating group) is 4. The van der Waals surface area contributed by atoms with Crippen molar-refractivity contribution in [2.75, 3.05) is 88.3 Å². The highest BCUT2D eigenvalue weighted by atomic mass is 16.1. The summed E-state index contributed by atoms with van der Waals surface area (Å²) in [4.78, 5) is 115. The van der Waals surface area contributed by atoms with Crippen LogP contribution in [0.25, 0.3) is 176 Å². The Morgan fingerprint density at radius 3 is 0.910 bits per heavy atom. The Kier molecular flexibility index (Phi) is 26.0. The zero-order valence-corrected chi connectivity index (χ0v) is 76.2. The van der Waals surface area contributed by atoms with Crippen molar-refractivity contribution in [3.8, 4) is 55.6 Å². The molecule has 15 heterocycles. The number of aromatic nitrogens is 17. The van der Waals surface area contributed by atoms with Crippen molar-refractivity contribution in [2.45, 2.75) is 40.0 Å². The molecule has 0 saturated carbocycles. The van der Waals surface area contributed by atoms with E-state index in [9.17, 15) is 24.0 Å². The molecule has 2 N–H and O–H groups in total. The molecule has 0 spiro atoms. The molecule has 0 fully saturated rings. The molecule has 0 aliphatic rings. The first-order valence-corrected chi connectivity index (χ1v) is 43.8. The SMILES string of the molecule is CN(C)CCn1c(=O)ccc2cnc3ccc(-c4cnc(N)nc4)cc3c21.CN(C)CCn1c(=O)ccc2cnc3ccc(-c4cnc5ccccc5c4)cc3c21.CN(C)CCn1c(=O)ccc2cnc3ccc(-c4cnn(C)c4)cc3c21.Cc1ccc(-c2ccc3ncc4ccc(=O)n(C)c4c3c2)cn1.Cc1ccc(-c2ccc3ncc4ccc(=O)n(CCN(C)C)c4c3c2)cn1. The monoisotopic (exact) mass is 1760 g/mol. The second kappa shape index (κ2) is 38.8. The molecule has 27 heteroatoms. The van der Waals surface area contributed by atoms with Crippen LogP contribution in [-0.4, -0.2) is 185 Å². The third-order valence-corrected chi connectivity index (χ3v) is 23.7. The summed E-state index contributed by atoms with van der Waals surface area (Å²) in [6, 6.07) is 66.3. The molecule has 15 aromatic heterocycles. The maximum Gasteiger partial charge on any atom is 0.251 e. The van der Waals surface area contributed by atoms with Crippen LogP contribution < -0.4 is 33.5 Å². The summed E-state index contributed by atoms with van der Waals surface area (Å²) in [6.07, 6.45) is 22.0. The standard InChI is InChI=1S/C25H22N4O.C22H22N4O.C20H20N6O.C20H21N5O.C19H15N3O/c1-28(2)11-12-29-24(30)10-8-19-15-27-23-9-7-17(14-21(23)25(19)29)20-13-18-5-3-4-6-22(18)26-16-20;1-15-4-5-17(13-23-15)16-6-8-20-19(12-16)22-18(14-24-20)7-9-21(27)26(22)11-10-25(2)3;1-25(2)7-8-26-18(27)6-4-14-10-22-17-5-3-13(9-16(17)19(14)26)15-11-23-20(21)24-12-15;1-23(2)8-9-25-19(26)7-5-15-11-21-18-6-4-14(10-17(18)20(15)25)16-12-22-24(3)13-16;1-12-3-4-14(10-20-12)13-5-7-17-16(9-13)19-15(11-21-17)6-8-18(23)22(19)2/h3-10,13-16H,11-12H2,1-2H3;4-9,12-14H,10-11H2,1-3H3;3-6,9-12H,7-8H2,1-2H3,(H2,21,23,24);4-7,10-13H,8-9H2,1-3H3;3-11H,1-2H3. The van der Waals surface area contributed by atoms with Gasteiger partial charge in [-0.25, -0.2) is 9.97 Å². The van der Waals surface area contributed by atoms with E-state index in [0.717, 1.165) is 213 Å². The Balaban J connectivity index is 0.000000116. The molecule has 21 rings (SSSR count). The molecule has 0 atom stereocenters. The molecular weight excluding hydrogens is 1660 g/mol. The van der Waals surface area contributed by atoms with Crippen molar-refractivity contribution >= 4 is 126 Å². The largest absolute Gasteiger partial charge is 0.368 e. The molecule has 0 bridgehead atoms. The van der Waals surface area contributed by atoms with Gasteiger partial charge in [0.25, 0.3) is 27.8 Å². The van der Waals surface area contributed by atoms with E-state index < -0.39 is 0 Å². The second-order valence-electron chi connectivity index (χ2n) is 34.2. The van der Waals surface area contributed by atoms with Crippen LogP contribution in [0.1, 0.15) is 11.4 Å². The number of aryl methyl sites for hydroxylation is 4. The van der Waals surface area contributed by atoms with Gasteiger partial charge in [-0.3, -0.25) is 68.5 Å². The van der Waals surface area contributed by atoms with E-state index in [4.69, 9.17) is 5.73 Å². The number of nitrogens with zero attached hydrogens (tertiary/aromatic N) is 21. The number of fused-ring (bicyclic) bond motifs is 16. The summed E-state index contributed by atoms with van der Waals surface area (Å²) >= 11 is 0. The lowest BCUT2D eigenvalue weighted by atomic mass is 10.0. The number of anilines is 1. The summed E-state index contributed by atoms with van der Waals surface area (Å²) in [7, 11) is 19.8. The predicted octanol–water partition coefficient (Wildman–Crippen LogP) is 15.9. The van der Waals surface area contributed by atoms with Crippen LogP contribution in [0, 0.1) is 13.8 Å². The van der Waals surface area contributed by atoms with E-state index in [1.165, 1.54) is 0 Å². The minimum Gasteiger partial charge on any atom is -0.368 e. The number of nitrogen functional groups attached to an aromatic ring is 1. The third-order valence-electron chi connectivity index (χ3n) is 23.7. The van der Waals surface area contributed by atoms with Crippen LogP contribution in [-0.2, 0) is 40.3 Å². The summed E-state index contributed by atoms with van der Waals surface area (Å²) in [5.74, 6) is 0.240. The highest BCUT2D eigenvalue weighted by Crippen LogP contribution is 2.35. The van der Waals surface area contributed by atoms with Gasteiger partial charge in [-0.1, -0.05) is 60.7 Å². The molecule has 0 saturated heterocycles. The number of para-hydroxylation sites is 1. The maximum absolute atomic E-state index is 12.7. The molecule has 0 radical (unpaired) electrons. The van der Waals surface area contributed by atoms with Gasteiger partial charge in [0.2, 0.25) is 5.95 Å². The van der Waals surface area contributed by atoms with Crippen LogP contribution in [0.5, 0.6) is 0 Å². The number of benzene rings is 6. The topological polar surface area (TPSA) is 296 Å². The average Bonchev–Trinajstić information content (AvgIpc) is 1.15. The fourth-order valence-electron chi connectivity index (χ4n) is 16.5. The van der Waals surface area contributed by atoms with Crippen molar-refractivity contribution in [3.63, 3.8) is 0 Å². The Labute approximate surface area is 765 Å². The lowest BCUT2D eigenvalue weighted by Crippen LogP contribution is -2.26. The summed E-state index contributed by atoms with van der Waals surface area (Å²) < 4.78 is 10.9. The van der Waals surface area contributed by atoms with Crippen LogP contribution >= 0.6 is 0 Å². The molecule has 6 aromatic carbocycles. The van der Waals surface area contributed by atoms with E-state index >= 15 is 0 Å². The van der Waals surface area contributed by atoms with Gasteiger partial charge < -0.3 is 48.2 Å². The van der Waals surface area contributed by atoms with Gasteiger partial charge in [0.05, 0.1) is 66.9 Å². The van der Waals surface area contributed by atoms with Gasteiger partial charge in [0, 0.05) is 263 Å². The van der Waals surface area contributed by atoms with Gasteiger partial charge in [-0.15, -0.1) is 0 Å². The molecule has 0 amide bonds. The van der Waals surface area contributed by atoms with E-state index in [-0.39, 0.29) is 33.7 Å². The highest BCUT2D eigenvalue weighted by Gasteiger charge is 2.19. The number of rotatable bonds is 17. The number of pyridine rings is 13. The number of hydrogen-bond acceptors (Lipinski definition) is 21. The minimum atomic E-state index is -0.0209. The van der Waals surface area contributed by atoms with Crippen LogP contribution in [0.3, 0.4) is 0 Å². The van der Waals surface area contributed by atoms with Gasteiger partial charge in [0.15, 0.2) is 0 Å². The van der Waals surface area contributed by atoms with Gasteiger partial charge in [0.1, 0.15) is 0 Å². The maximum atomic E-state index is 12.7. The van der Waals surface area contributed by atoms with E-state index in [2.05, 4.69) is 135 Å². The third kappa shape index (κ3) is 19.5. The molecule has 27 nitrogen and oxygen atoms in total. The lowest BCUT2D eigenvalue weighted by molar-refractivity contribution is 0.384. The van der Waals surface area contributed by atoms with Crippen LogP contribution in [0.4, 0.5) is 5.95 Å². The van der Waals surface area contributed by atoms with Gasteiger partial charge in [-0.2, -0.15) is 5.10 Å². The molecule has 21 aromatic rings. The highest BCUT2D eigenvalue weighted by molar-refractivity contribution is 6.09. The van der Waals surface area contributed by atoms with Crippen molar-refractivity contribution in [1.29, 1.82) is 0 Å². The first-order chi connectivity index (χ1) is 64.3. The molecule has 0 aliphatic carbocycles. The average molecular weight is 1760 g/mol. The molecule has 0 unspecified atom stereocenters. The first-order valence-electron chi connectivity index (χ1n) is 43.8. The van der Waals surface area contributed by atoms with Crippen molar-refractivity contribution in [3.05, 3.63) is 344 Å². The van der Waals surface area contributed by atoms with Gasteiger partial charge >= 0.3 is 0 Å². The Morgan fingerprint density at radius 2 is 0.564 bits per heavy atom. The second-order valence-corrected chi connectivity index (χ2v) is 34.2. The van der Waals surface area contributed by atoms with E-state index in [1.54, 1.807) is 59.0 Å². The Bertz CT molecular complexity index is 8120. The number of hydrogen-bond donors (Lipinski definition) is 1. The summed E-state index contributed by atoms with van der Waals surface area (Å²) in [5.41, 5.74) is 27.8. The smallest absolute Gasteiger partial charge is 0.251 e. The van der Waals surface area contributed by atoms with E-state index in [1.807, 2.05) is 273 Å². The van der Waals surface area contributed by atoms with Crippen molar-refractivity contribution in [1.82, 2.24) is 102 Å². The Morgan fingerprint density at radius 1 is 0.263 bits per heavy atom. The quantitative estimate of drug-likeness (QED) is 0.0828. The lowest BCUT2D eigenvalue weighted by Gasteiger charge is -2.15. The van der Waals surface area contributed by atoms with Gasteiger partial charge in [-0.05, 0) is 213 Å². The van der Waals surface area contributed by atoms with Crippen molar-refractivity contribution < 1.29 is 0 Å². The fraction of sp³-hybridized carbons (Fsp3) is 0.189. The van der Waals surface area contributed by atoms with Crippen LogP contribution in [0.15, 0.2) is 305 Å². The minimum absolute atomic E-state index is 0.00891. The number of nitrogens with two attached hydrogens (primary N) is 1. The van der Waals surface area contributed by atoms with Crippen molar-refractivity contribution in [2.24, 2.45) is 14.1 Å². The summed E-state index contributed by atoms with van der Waals surface area (Å²) in [6.45, 7) is 9.61. The molecule has 664 valence electrons. The zero-order chi connectivity index (χ0) is 92.8.